The van der Waals surface area contributed by atoms with Crippen LogP contribution in [0, 0.1) is 13.8 Å². The van der Waals surface area contributed by atoms with Crippen LogP contribution in [-0.2, 0) is 9.59 Å². The molecular formula is C19H20N2O3. The monoisotopic (exact) mass is 324 g/mol. The van der Waals surface area contributed by atoms with Crippen molar-refractivity contribution in [1.29, 1.82) is 0 Å². The van der Waals surface area contributed by atoms with Crippen LogP contribution in [0.15, 0.2) is 42.5 Å². The van der Waals surface area contributed by atoms with Gasteiger partial charge in [-0.1, -0.05) is 24.3 Å². The van der Waals surface area contributed by atoms with Gasteiger partial charge in [-0.25, -0.2) is 4.90 Å². The fourth-order valence-electron chi connectivity index (χ4n) is 2.89. The van der Waals surface area contributed by atoms with Crippen molar-refractivity contribution >= 4 is 23.2 Å². The minimum absolute atomic E-state index is 0.129. The van der Waals surface area contributed by atoms with E-state index in [9.17, 15) is 9.59 Å². The Morgan fingerprint density at radius 2 is 1.88 bits per heavy atom. The van der Waals surface area contributed by atoms with Crippen LogP contribution in [0.25, 0.3) is 0 Å². The average molecular weight is 324 g/mol. The lowest BCUT2D eigenvalue weighted by Crippen LogP contribution is -2.35. The fourth-order valence-corrected chi connectivity index (χ4v) is 2.89. The molecule has 1 saturated heterocycles. The van der Waals surface area contributed by atoms with E-state index < -0.39 is 6.04 Å². The molecule has 0 bridgehead atoms. The van der Waals surface area contributed by atoms with Crippen molar-refractivity contribution in [3.05, 3.63) is 53.6 Å². The molecule has 2 amide bonds. The number of nitrogens with one attached hydrogen (secondary N) is 1. The molecule has 1 N–H and O–H groups in total. The summed E-state index contributed by atoms with van der Waals surface area (Å²) in [5.41, 5.74) is 3.50. The number of imide groups is 1. The molecule has 5 nitrogen and oxygen atoms in total. The molecule has 1 atom stereocenters. The van der Waals surface area contributed by atoms with E-state index in [0.717, 1.165) is 16.8 Å². The Kier molecular flexibility index (Phi) is 4.25. The van der Waals surface area contributed by atoms with Crippen LogP contribution in [-0.4, -0.2) is 25.0 Å². The van der Waals surface area contributed by atoms with Crippen molar-refractivity contribution in [2.45, 2.75) is 26.3 Å². The highest BCUT2D eigenvalue weighted by atomic mass is 16.5. The highest BCUT2D eigenvalue weighted by molar-refractivity contribution is 6.23. The molecule has 0 unspecified atom stereocenters. The van der Waals surface area contributed by atoms with Crippen molar-refractivity contribution in [1.82, 2.24) is 0 Å². The number of para-hydroxylation sites is 2. The summed E-state index contributed by atoms with van der Waals surface area (Å²) in [7, 11) is 1.52. The number of benzene rings is 2. The summed E-state index contributed by atoms with van der Waals surface area (Å²) in [6.45, 7) is 3.97. The van der Waals surface area contributed by atoms with E-state index in [1.54, 1.807) is 24.3 Å². The smallest absolute Gasteiger partial charge is 0.256 e. The molecule has 0 radical (unpaired) electrons. The molecule has 0 spiro atoms. The maximum atomic E-state index is 12.8. The molecular weight excluding hydrogens is 304 g/mol. The summed E-state index contributed by atoms with van der Waals surface area (Å²) in [4.78, 5) is 26.4. The second-order valence-corrected chi connectivity index (χ2v) is 5.96. The van der Waals surface area contributed by atoms with Gasteiger partial charge in [-0.3, -0.25) is 9.59 Å². The van der Waals surface area contributed by atoms with E-state index in [1.807, 2.05) is 32.0 Å². The largest absolute Gasteiger partial charge is 0.495 e. The second-order valence-electron chi connectivity index (χ2n) is 5.96. The van der Waals surface area contributed by atoms with E-state index in [2.05, 4.69) is 5.32 Å². The number of nitrogens with zero attached hydrogens (tertiary/aromatic N) is 1. The molecule has 1 fully saturated rings. The SMILES string of the molecule is COc1ccccc1N1C(=O)C[C@@H](Nc2cc(C)ccc2C)C1=O. The minimum Gasteiger partial charge on any atom is -0.495 e. The van der Waals surface area contributed by atoms with Crippen molar-refractivity contribution in [2.24, 2.45) is 0 Å². The summed E-state index contributed by atoms with van der Waals surface area (Å²) in [5, 5.41) is 3.21. The zero-order chi connectivity index (χ0) is 17.3. The van der Waals surface area contributed by atoms with Crippen LogP contribution in [0.1, 0.15) is 17.5 Å². The van der Waals surface area contributed by atoms with Gasteiger partial charge in [0.15, 0.2) is 0 Å². The van der Waals surface area contributed by atoms with E-state index in [1.165, 1.54) is 12.0 Å². The maximum absolute atomic E-state index is 12.8. The Hall–Kier alpha value is -2.82. The van der Waals surface area contributed by atoms with Crippen LogP contribution in [0.5, 0.6) is 5.75 Å². The summed E-state index contributed by atoms with van der Waals surface area (Å²) in [6.07, 6.45) is 0.129. The summed E-state index contributed by atoms with van der Waals surface area (Å²) < 4.78 is 5.28. The molecule has 2 aromatic rings. The number of hydrogen-bond acceptors (Lipinski definition) is 4. The Morgan fingerprint density at radius 3 is 2.62 bits per heavy atom. The average Bonchev–Trinajstić information content (AvgIpc) is 2.84. The van der Waals surface area contributed by atoms with Crippen LogP contribution in [0.4, 0.5) is 11.4 Å². The first-order valence-corrected chi connectivity index (χ1v) is 7.85. The van der Waals surface area contributed by atoms with Crippen LogP contribution >= 0.6 is 0 Å². The van der Waals surface area contributed by atoms with Crippen molar-refractivity contribution in [3.63, 3.8) is 0 Å². The first-order valence-electron chi connectivity index (χ1n) is 7.85. The number of carbonyl (C=O) groups excluding carboxylic acids is 2. The Labute approximate surface area is 141 Å². The zero-order valence-corrected chi connectivity index (χ0v) is 14.0. The van der Waals surface area contributed by atoms with E-state index in [-0.39, 0.29) is 18.2 Å². The molecule has 1 heterocycles. The number of methoxy groups -OCH3 is 1. The lowest BCUT2D eigenvalue weighted by Gasteiger charge is -2.19. The number of hydrogen-bond donors (Lipinski definition) is 1. The van der Waals surface area contributed by atoms with Gasteiger partial charge in [-0.2, -0.15) is 0 Å². The molecule has 0 aromatic heterocycles. The van der Waals surface area contributed by atoms with Gasteiger partial charge in [0, 0.05) is 5.69 Å². The van der Waals surface area contributed by atoms with Gasteiger partial charge in [0.25, 0.3) is 5.91 Å². The normalized spacial score (nSPS) is 17.3. The van der Waals surface area contributed by atoms with E-state index in [4.69, 9.17) is 4.74 Å². The standard InChI is InChI=1S/C19H20N2O3/c1-12-8-9-13(2)14(10-12)20-15-11-18(22)21(19(15)23)16-6-4-5-7-17(16)24-3/h4-10,15,20H,11H2,1-3H3/t15-/m1/s1. The Morgan fingerprint density at radius 1 is 1.12 bits per heavy atom. The first-order chi connectivity index (χ1) is 11.5. The molecule has 3 rings (SSSR count). The number of aryl methyl sites for hydroxylation is 2. The van der Waals surface area contributed by atoms with Crippen LogP contribution in [0.2, 0.25) is 0 Å². The number of carbonyl (C=O) groups is 2. The molecule has 124 valence electrons. The van der Waals surface area contributed by atoms with Crippen molar-refractivity contribution < 1.29 is 14.3 Å². The quantitative estimate of drug-likeness (QED) is 0.878. The molecule has 2 aromatic carbocycles. The van der Waals surface area contributed by atoms with Crippen LogP contribution < -0.4 is 15.0 Å². The molecule has 5 heteroatoms. The zero-order valence-electron chi connectivity index (χ0n) is 14.0. The first kappa shape index (κ1) is 16.1. The van der Waals surface area contributed by atoms with Gasteiger partial charge < -0.3 is 10.1 Å². The summed E-state index contributed by atoms with van der Waals surface area (Å²) >= 11 is 0. The number of ether oxygens (including phenoxy) is 1. The third-order valence-corrected chi connectivity index (χ3v) is 4.20. The highest BCUT2D eigenvalue weighted by Crippen LogP contribution is 2.32. The molecule has 1 aliphatic rings. The maximum Gasteiger partial charge on any atom is 0.256 e. The molecule has 0 saturated carbocycles. The minimum atomic E-state index is -0.567. The number of amides is 2. The number of anilines is 2. The van der Waals surface area contributed by atoms with Gasteiger partial charge in [0.2, 0.25) is 5.91 Å². The Bertz CT molecular complexity index is 801. The lowest BCUT2D eigenvalue weighted by atomic mass is 10.1. The lowest BCUT2D eigenvalue weighted by molar-refractivity contribution is -0.121. The summed E-state index contributed by atoms with van der Waals surface area (Å²) in [5.74, 6) is 0.0179. The second kappa shape index (κ2) is 6.35. The molecule has 0 aliphatic carbocycles. The van der Waals surface area contributed by atoms with Crippen LogP contribution in [0.3, 0.4) is 0 Å². The van der Waals surface area contributed by atoms with Gasteiger partial charge in [0.05, 0.1) is 19.2 Å². The predicted octanol–water partition coefficient (Wildman–Crippen LogP) is 3.06. The van der Waals surface area contributed by atoms with Gasteiger partial charge in [-0.05, 0) is 43.2 Å². The molecule has 1 aliphatic heterocycles. The van der Waals surface area contributed by atoms with Gasteiger partial charge in [0.1, 0.15) is 11.8 Å². The highest BCUT2D eigenvalue weighted by Gasteiger charge is 2.40. The molecule has 24 heavy (non-hydrogen) atoms. The van der Waals surface area contributed by atoms with E-state index in [0.29, 0.717) is 11.4 Å². The third-order valence-electron chi connectivity index (χ3n) is 4.20. The van der Waals surface area contributed by atoms with Gasteiger partial charge >= 0.3 is 0 Å². The van der Waals surface area contributed by atoms with Gasteiger partial charge in [-0.15, -0.1) is 0 Å². The third kappa shape index (κ3) is 2.85. The van der Waals surface area contributed by atoms with Crippen molar-refractivity contribution in [3.8, 4) is 5.75 Å². The number of rotatable bonds is 4. The van der Waals surface area contributed by atoms with Crippen molar-refractivity contribution in [2.75, 3.05) is 17.3 Å². The Balaban J connectivity index is 1.88. The fraction of sp³-hybridized carbons (Fsp3) is 0.263. The topological polar surface area (TPSA) is 58.6 Å². The van der Waals surface area contributed by atoms with E-state index >= 15 is 0 Å². The predicted molar refractivity (Wildman–Crippen MR) is 93.4 cm³/mol. The summed E-state index contributed by atoms with van der Waals surface area (Å²) in [6, 6.07) is 12.5.